The van der Waals surface area contributed by atoms with Crippen molar-refractivity contribution in [2.75, 3.05) is 0 Å². The maximum Gasteiger partial charge on any atom is 0.214 e. The lowest BCUT2D eigenvalue weighted by Crippen LogP contribution is -2.36. The summed E-state index contributed by atoms with van der Waals surface area (Å²) in [6.07, 6.45) is 2.70. The van der Waals surface area contributed by atoms with Crippen molar-refractivity contribution < 1.29 is 8.78 Å². The first-order valence-electron chi connectivity index (χ1n) is 7.70. The van der Waals surface area contributed by atoms with Crippen LogP contribution in [0.1, 0.15) is 30.4 Å². The van der Waals surface area contributed by atoms with E-state index in [0.717, 1.165) is 0 Å². The number of benzene rings is 2. The number of alkyl halides is 1. The second-order valence-corrected chi connectivity index (χ2v) is 6.51. The summed E-state index contributed by atoms with van der Waals surface area (Å²) < 4.78 is 30.7. The standard InChI is InChI=1S/C18H15Cl2F2N3/c1-2-18(22,25-11-23-10-24-25)17(12-3-6-14(21)7-4-12)15-8-5-13(19)9-16(15)20/h3-11,17H,2H2,1H3. The summed E-state index contributed by atoms with van der Waals surface area (Å²) in [5.74, 6) is -3.15. The van der Waals surface area contributed by atoms with Gasteiger partial charge in [0.1, 0.15) is 18.5 Å². The molecule has 0 aliphatic carbocycles. The maximum atomic E-state index is 16.2. The molecule has 130 valence electrons. The summed E-state index contributed by atoms with van der Waals surface area (Å²) >= 11 is 12.3. The molecule has 0 aliphatic rings. The van der Waals surface area contributed by atoms with Gasteiger partial charge in [0, 0.05) is 16.5 Å². The van der Waals surface area contributed by atoms with Crippen LogP contribution in [0.4, 0.5) is 8.78 Å². The van der Waals surface area contributed by atoms with Crippen molar-refractivity contribution in [3.63, 3.8) is 0 Å². The zero-order valence-corrected chi connectivity index (χ0v) is 14.8. The minimum Gasteiger partial charge on any atom is -0.223 e. The molecule has 2 aromatic carbocycles. The third-order valence-corrected chi connectivity index (χ3v) is 4.78. The topological polar surface area (TPSA) is 30.7 Å². The molecule has 3 rings (SSSR count). The van der Waals surface area contributed by atoms with Gasteiger partial charge in [0.15, 0.2) is 0 Å². The number of rotatable bonds is 5. The van der Waals surface area contributed by atoms with Crippen LogP contribution in [0, 0.1) is 5.82 Å². The molecule has 0 saturated carbocycles. The van der Waals surface area contributed by atoms with E-state index in [9.17, 15) is 4.39 Å². The minimum absolute atomic E-state index is 0.108. The van der Waals surface area contributed by atoms with Gasteiger partial charge < -0.3 is 0 Å². The summed E-state index contributed by atoms with van der Waals surface area (Å²) in [6.45, 7) is 1.71. The highest BCUT2D eigenvalue weighted by Crippen LogP contribution is 2.45. The quantitative estimate of drug-likeness (QED) is 0.576. The normalized spacial score (nSPS) is 14.9. The summed E-state index contributed by atoms with van der Waals surface area (Å²) in [4.78, 5) is 3.85. The smallest absolute Gasteiger partial charge is 0.214 e. The molecule has 0 bridgehead atoms. The van der Waals surface area contributed by atoms with Gasteiger partial charge in [-0.2, -0.15) is 5.10 Å². The van der Waals surface area contributed by atoms with Gasteiger partial charge in [-0.05, 0) is 35.4 Å². The van der Waals surface area contributed by atoms with Crippen molar-refractivity contribution in [3.05, 3.63) is 82.1 Å². The van der Waals surface area contributed by atoms with Crippen LogP contribution in [-0.4, -0.2) is 14.8 Å². The fourth-order valence-corrected chi connectivity index (χ4v) is 3.48. The average Bonchev–Trinajstić information content (AvgIpc) is 3.13. The molecule has 25 heavy (non-hydrogen) atoms. The lowest BCUT2D eigenvalue weighted by Gasteiger charge is -2.34. The SMILES string of the molecule is CCC(F)(C(c1ccc(F)cc1)c1ccc(Cl)cc1Cl)n1cncn1. The number of hydrogen-bond acceptors (Lipinski definition) is 2. The Labute approximate surface area is 154 Å². The first-order valence-corrected chi connectivity index (χ1v) is 8.45. The average molecular weight is 382 g/mol. The van der Waals surface area contributed by atoms with Crippen molar-refractivity contribution in [3.8, 4) is 0 Å². The summed E-state index contributed by atoms with van der Waals surface area (Å²) in [6, 6.07) is 10.6. The molecule has 0 amide bonds. The van der Waals surface area contributed by atoms with Crippen molar-refractivity contribution >= 4 is 23.2 Å². The fraction of sp³-hybridized carbons (Fsp3) is 0.222. The Kier molecular flexibility index (Phi) is 5.06. The van der Waals surface area contributed by atoms with Crippen LogP contribution in [0.25, 0.3) is 0 Å². The highest BCUT2D eigenvalue weighted by molar-refractivity contribution is 6.35. The second-order valence-electron chi connectivity index (χ2n) is 5.66. The molecule has 2 unspecified atom stereocenters. The van der Waals surface area contributed by atoms with Crippen LogP contribution in [0.15, 0.2) is 55.1 Å². The number of aromatic nitrogens is 3. The summed E-state index contributed by atoms with van der Waals surface area (Å²) in [7, 11) is 0. The molecule has 3 aromatic rings. The van der Waals surface area contributed by atoms with Crippen LogP contribution >= 0.6 is 23.2 Å². The van der Waals surface area contributed by atoms with Crippen molar-refractivity contribution in [1.29, 1.82) is 0 Å². The van der Waals surface area contributed by atoms with Crippen LogP contribution < -0.4 is 0 Å². The van der Waals surface area contributed by atoms with Gasteiger partial charge in [-0.15, -0.1) is 0 Å². The molecule has 0 radical (unpaired) electrons. The third-order valence-electron chi connectivity index (χ3n) is 4.21. The monoisotopic (exact) mass is 381 g/mol. The van der Waals surface area contributed by atoms with Gasteiger partial charge in [0.05, 0.1) is 5.92 Å². The van der Waals surface area contributed by atoms with Crippen molar-refractivity contribution in [2.45, 2.75) is 25.1 Å². The van der Waals surface area contributed by atoms with E-state index in [-0.39, 0.29) is 6.42 Å². The van der Waals surface area contributed by atoms with Crippen LogP contribution in [0.5, 0.6) is 0 Å². The van der Waals surface area contributed by atoms with E-state index < -0.39 is 17.5 Å². The summed E-state index contributed by atoms with van der Waals surface area (Å²) in [5, 5.41) is 4.77. The van der Waals surface area contributed by atoms with Gasteiger partial charge >= 0.3 is 0 Å². The first-order chi connectivity index (χ1) is 12.0. The molecule has 0 spiro atoms. The van der Waals surface area contributed by atoms with Gasteiger partial charge in [0.2, 0.25) is 5.79 Å². The molecule has 1 aromatic heterocycles. The Morgan fingerprint density at radius 1 is 1.16 bits per heavy atom. The van der Waals surface area contributed by atoms with E-state index in [1.54, 1.807) is 37.3 Å². The molecule has 7 heteroatoms. The largest absolute Gasteiger partial charge is 0.223 e. The molecule has 0 saturated heterocycles. The molecular formula is C18H15Cl2F2N3. The van der Waals surface area contributed by atoms with E-state index in [0.29, 0.717) is 21.2 Å². The molecule has 0 N–H and O–H groups in total. The lowest BCUT2D eigenvalue weighted by molar-refractivity contribution is 0.0287. The van der Waals surface area contributed by atoms with Crippen molar-refractivity contribution in [1.82, 2.24) is 14.8 Å². The van der Waals surface area contributed by atoms with Crippen LogP contribution in [0.3, 0.4) is 0 Å². The lowest BCUT2D eigenvalue weighted by atomic mass is 9.82. The minimum atomic E-state index is -1.94. The molecule has 3 nitrogen and oxygen atoms in total. The van der Waals surface area contributed by atoms with Gasteiger partial charge in [-0.1, -0.05) is 48.3 Å². The zero-order chi connectivity index (χ0) is 18.0. The van der Waals surface area contributed by atoms with E-state index in [4.69, 9.17) is 23.2 Å². The second kappa shape index (κ2) is 7.10. The zero-order valence-electron chi connectivity index (χ0n) is 13.3. The number of nitrogens with zero attached hydrogens (tertiary/aromatic N) is 3. The Morgan fingerprint density at radius 3 is 2.44 bits per heavy atom. The van der Waals surface area contributed by atoms with Gasteiger partial charge in [-0.3, -0.25) is 0 Å². The van der Waals surface area contributed by atoms with Crippen molar-refractivity contribution in [2.24, 2.45) is 0 Å². The third kappa shape index (κ3) is 3.39. The molecule has 0 aliphatic heterocycles. The molecular weight excluding hydrogens is 367 g/mol. The number of hydrogen-bond donors (Lipinski definition) is 0. The van der Waals surface area contributed by atoms with Crippen LogP contribution in [0.2, 0.25) is 10.0 Å². The highest BCUT2D eigenvalue weighted by Gasteiger charge is 2.43. The Hall–Kier alpha value is -1.98. The summed E-state index contributed by atoms with van der Waals surface area (Å²) in [5.41, 5.74) is 1.11. The maximum absolute atomic E-state index is 16.2. The fourth-order valence-electron chi connectivity index (χ4n) is 2.96. The predicted molar refractivity (Wildman–Crippen MR) is 94.1 cm³/mol. The number of halogens is 4. The van der Waals surface area contributed by atoms with E-state index in [1.165, 1.54) is 29.5 Å². The van der Waals surface area contributed by atoms with E-state index in [1.807, 2.05) is 0 Å². The predicted octanol–water partition coefficient (Wildman–Crippen LogP) is 5.59. The molecule has 0 fully saturated rings. The Morgan fingerprint density at radius 2 is 1.88 bits per heavy atom. The van der Waals surface area contributed by atoms with Gasteiger partial charge in [0.25, 0.3) is 0 Å². The van der Waals surface area contributed by atoms with E-state index >= 15 is 4.39 Å². The van der Waals surface area contributed by atoms with Crippen LogP contribution in [-0.2, 0) is 5.79 Å². The Balaban J connectivity index is 2.23. The van der Waals surface area contributed by atoms with Gasteiger partial charge in [-0.25, -0.2) is 18.4 Å². The highest BCUT2D eigenvalue weighted by atomic mass is 35.5. The molecule has 2 atom stereocenters. The molecule has 1 heterocycles. The first kappa shape index (κ1) is 17.8. The van der Waals surface area contributed by atoms with E-state index in [2.05, 4.69) is 10.1 Å². The Bertz CT molecular complexity index is 853.